The number of rotatable bonds is 4. The lowest BCUT2D eigenvalue weighted by atomic mass is 10.0. The fourth-order valence-corrected chi connectivity index (χ4v) is 2.26. The van der Waals surface area contributed by atoms with Crippen LogP contribution in [0.1, 0.15) is 25.5 Å². The first-order valence-corrected chi connectivity index (χ1v) is 6.44. The van der Waals surface area contributed by atoms with E-state index in [1.807, 2.05) is 0 Å². The number of hydrogen-bond donors (Lipinski definition) is 3. The van der Waals surface area contributed by atoms with E-state index in [9.17, 15) is 4.79 Å². The van der Waals surface area contributed by atoms with Gasteiger partial charge in [0.05, 0.1) is 18.1 Å². The second kappa shape index (κ2) is 6.44. The van der Waals surface area contributed by atoms with Gasteiger partial charge in [0.15, 0.2) is 5.82 Å². The maximum Gasteiger partial charge on any atom is 0.217 e. The van der Waals surface area contributed by atoms with Crippen molar-refractivity contribution in [1.82, 2.24) is 20.2 Å². The van der Waals surface area contributed by atoms with Gasteiger partial charge in [-0.25, -0.2) is 10.8 Å². The Balaban J connectivity index is 1.80. The number of amides is 1. The second-order valence-electron chi connectivity index (χ2n) is 4.79. The van der Waals surface area contributed by atoms with E-state index in [0.29, 0.717) is 11.9 Å². The van der Waals surface area contributed by atoms with E-state index in [-0.39, 0.29) is 5.91 Å². The Labute approximate surface area is 112 Å². The Hall–Kier alpha value is -1.73. The molecule has 7 heteroatoms. The molecule has 1 amide bonds. The molecule has 0 radical (unpaired) electrons. The zero-order valence-corrected chi connectivity index (χ0v) is 11.1. The molecule has 0 saturated carbocycles. The third kappa shape index (κ3) is 4.15. The molecule has 0 spiro atoms. The number of nitrogens with two attached hydrogens (primary N) is 1. The lowest BCUT2D eigenvalue weighted by Crippen LogP contribution is -2.43. The van der Waals surface area contributed by atoms with Gasteiger partial charge in [0.2, 0.25) is 5.91 Å². The zero-order valence-electron chi connectivity index (χ0n) is 11.1. The molecule has 1 aliphatic rings. The average Bonchev–Trinajstić information content (AvgIpc) is 2.41. The zero-order chi connectivity index (χ0) is 13.7. The Bertz CT molecular complexity index is 413. The smallest absolute Gasteiger partial charge is 0.217 e. The van der Waals surface area contributed by atoms with Crippen LogP contribution >= 0.6 is 0 Å². The summed E-state index contributed by atoms with van der Waals surface area (Å²) in [6.45, 7) is 4.27. The third-order valence-corrected chi connectivity index (χ3v) is 3.23. The van der Waals surface area contributed by atoms with Crippen LogP contribution in [0.4, 0.5) is 5.82 Å². The summed E-state index contributed by atoms with van der Waals surface area (Å²) in [5.41, 5.74) is 3.38. The van der Waals surface area contributed by atoms with Gasteiger partial charge in [-0.05, 0) is 12.8 Å². The molecule has 0 bridgehead atoms. The summed E-state index contributed by atoms with van der Waals surface area (Å²) in [6, 6.07) is 0.309. The fourth-order valence-electron chi connectivity index (χ4n) is 2.26. The monoisotopic (exact) mass is 264 g/mol. The minimum absolute atomic E-state index is 0.0502. The standard InChI is InChI=1S/C12H20N6O/c1-9(19)16-10-2-4-18(5-3-10)8-11-6-15-12(17-13)7-14-11/h6-7,10H,2-5,8,13H2,1H3,(H,15,17)(H,16,19). The first-order valence-electron chi connectivity index (χ1n) is 6.44. The van der Waals surface area contributed by atoms with Crippen molar-refractivity contribution < 1.29 is 4.79 Å². The molecular formula is C12H20N6O. The predicted octanol–water partition coefficient (Wildman–Crippen LogP) is -0.137. The topological polar surface area (TPSA) is 96.2 Å². The Kier molecular flexibility index (Phi) is 4.64. The summed E-state index contributed by atoms with van der Waals surface area (Å²) in [6.07, 6.45) is 5.32. The minimum atomic E-state index is 0.0502. The highest BCUT2D eigenvalue weighted by Crippen LogP contribution is 2.13. The number of piperidine rings is 1. The van der Waals surface area contributed by atoms with Crippen LogP contribution in [0.2, 0.25) is 0 Å². The quantitative estimate of drug-likeness (QED) is 0.517. The number of likely N-dealkylation sites (tertiary alicyclic amines) is 1. The first kappa shape index (κ1) is 13.7. The minimum Gasteiger partial charge on any atom is -0.354 e. The van der Waals surface area contributed by atoms with Crippen molar-refractivity contribution in [2.24, 2.45) is 5.84 Å². The summed E-state index contributed by atoms with van der Waals surface area (Å²) >= 11 is 0. The van der Waals surface area contributed by atoms with Crippen molar-refractivity contribution >= 4 is 11.7 Å². The molecule has 2 rings (SSSR count). The van der Waals surface area contributed by atoms with Crippen molar-refractivity contribution in [3.63, 3.8) is 0 Å². The molecule has 0 atom stereocenters. The summed E-state index contributed by atoms with van der Waals surface area (Å²) in [4.78, 5) is 21.7. The molecule has 4 N–H and O–H groups in total. The third-order valence-electron chi connectivity index (χ3n) is 3.23. The van der Waals surface area contributed by atoms with Crippen LogP contribution in [0.3, 0.4) is 0 Å². The Morgan fingerprint density at radius 1 is 1.42 bits per heavy atom. The van der Waals surface area contributed by atoms with Gasteiger partial charge < -0.3 is 10.7 Å². The van der Waals surface area contributed by atoms with Gasteiger partial charge in [0.1, 0.15) is 0 Å². The number of anilines is 1. The molecule has 1 aromatic rings. The van der Waals surface area contributed by atoms with Crippen LogP contribution in [0.25, 0.3) is 0 Å². The summed E-state index contributed by atoms with van der Waals surface area (Å²) in [7, 11) is 0. The van der Waals surface area contributed by atoms with E-state index in [1.54, 1.807) is 19.3 Å². The highest BCUT2D eigenvalue weighted by Gasteiger charge is 2.19. The number of nitrogen functional groups attached to an aromatic ring is 1. The van der Waals surface area contributed by atoms with E-state index in [4.69, 9.17) is 5.84 Å². The molecule has 104 valence electrons. The van der Waals surface area contributed by atoms with Gasteiger partial charge in [-0.15, -0.1) is 0 Å². The van der Waals surface area contributed by atoms with Gasteiger partial charge in [-0.1, -0.05) is 0 Å². The van der Waals surface area contributed by atoms with Crippen molar-refractivity contribution in [3.8, 4) is 0 Å². The fraction of sp³-hybridized carbons (Fsp3) is 0.583. The molecule has 0 unspecified atom stereocenters. The molecule has 1 aliphatic heterocycles. The largest absolute Gasteiger partial charge is 0.354 e. The number of nitrogens with one attached hydrogen (secondary N) is 2. The molecule has 19 heavy (non-hydrogen) atoms. The molecule has 7 nitrogen and oxygen atoms in total. The van der Waals surface area contributed by atoms with Gasteiger partial charge in [0, 0.05) is 32.6 Å². The lowest BCUT2D eigenvalue weighted by molar-refractivity contribution is -0.119. The molecule has 1 fully saturated rings. The van der Waals surface area contributed by atoms with Gasteiger partial charge in [-0.2, -0.15) is 0 Å². The molecule has 0 aliphatic carbocycles. The predicted molar refractivity (Wildman–Crippen MR) is 72.0 cm³/mol. The van der Waals surface area contributed by atoms with Crippen LogP contribution < -0.4 is 16.6 Å². The number of hydrogen-bond acceptors (Lipinski definition) is 6. The van der Waals surface area contributed by atoms with Crippen LogP contribution in [0.5, 0.6) is 0 Å². The molecule has 2 heterocycles. The number of hydrazine groups is 1. The second-order valence-corrected chi connectivity index (χ2v) is 4.79. The maximum atomic E-state index is 11.0. The normalized spacial score (nSPS) is 17.2. The van der Waals surface area contributed by atoms with Crippen molar-refractivity contribution in [2.75, 3.05) is 18.5 Å². The van der Waals surface area contributed by atoms with Crippen LogP contribution in [-0.4, -0.2) is 39.9 Å². The summed E-state index contributed by atoms with van der Waals surface area (Å²) in [5.74, 6) is 5.85. The first-order chi connectivity index (χ1) is 9.17. The van der Waals surface area contributed by atoms with Gasteiger partial charge >= 0.3 is 0 Å². The maximum absolute atomic E-state index is 11.0. The van der Waals surface area contributed by atoms with E-state index in [0.717, 1.165) is 38.2 Å². The SMILES string of the molecule is CC(=O)NC1CCN(Cc2cnc(NN)cn2)CC1. The number of aromatic nitrogens is 2. The van der Waals surface area contributed by atoms with E-state index < -0.39 is 0 Å². The summed E-state index contributed by atoms with van der Waals surface area (Å²) in [5, 5.41) is 2.97. The van der Waals surface area contributed by atoms with Crippen molar-refractivity contribution in [3.05, 3.63) is 18.1 Å². The summed E-state index contributed by atoms with van der Waals surface area (Å²) < 4.78 is 0. The van der Waals surface area contributed by atoms with E-state index in [1.165, 1.54) is 0 Å². The highest BCUT2D eigenvalue weighted by atomic mass is 16.1. The van der Waals surface area contributed by atoms with E-state index in [2.05, 4.69) is 25.6 Å². The van der Waals surface area contributed by atoms with Crippen molar-refractivity contribution in [1.29, 1.82) is 0 Å². The number of carbonyl (C=O) groups excluding carboxylic acids is 1. The van der Waals surface area contributed by atoms with Gasteiger partial charge in [0.25, 0.3) is 0 Å². The molecule has 0 aromatic carbocycles. The Morgan fingerprint density at radius 2 is 2.16 bits per heavy atom. The average molecular weight is 264 g/mol. The van der Waals surface area contributed by atoms with Crippen molar-refractivity contribution in [2.45, 2.75) is 32.4 Å². The Morgan fingerprint density at radius 3 is 2.68 bits per heavy atom. The number of nitrogens with zero attached hydrogens (tertiary/aromatic N) is 3. The van der Waals surface area contributed by atoms with E-state index >= 15 is 0 Å². The van der Waals surface area contributed by atoms with Crippen LogP contribution in [-0.2, 0) is 11.3 Å². The van der Waals surface area contributed by atoms with Gasteiger partial charge in [-0.3, -0.25) is 14.7 Å². The lowest BCUT2D eigenvalue weighted by Gasteiger charge is -2.31. The van der Waals surface area contributed by atoms with Crippen LogP contribution in [0.15, 0.2) is 12.4 Å². The molecular weight excluding hydrogens is 244 g/mol. The highest BCUT2D eigenvalue weighted by molar-refractivity contribution is 5.73. The van der Waals surface area contributed by atoms with Crippen LogP contribution in [0, 0.1) is 0 Å². The molecule has 1 aromatic heterocycles. The number of carbonyl (C=O) groups is 1. The molecule has 1 saturated heterocycles.